The summed E-state index contributed by atoms with van der Waals surface area (Å²) in [7, 11) is 0. The van der Waals surface area contributed by atoms with Crippen LogP contribution in [0.1, 0.15) is 38.3 Å². The van der Waals surface area contributed by atoms with Crippen molar-refractivity contribution in [1.82, 2.24) is 0 Å². The molecular formula is C13H20Cl3NO. The third kappa shape index (κ3) is 4.94. The van der Waals surface area contributed by atoms with E-state index >= 15 is 0 Å². The summed E-state index contributed by atoms with van der Waals surface area (Å²) in [6.07, 6.45) is 0.965. The van der Waals surface area contributed by atoms with E-state index in [-0.39, 0.29) is 12.4 Å². The van der Waals surface area contributed by atoms with Crippen LogP contribution in [0.15, 0.2) is 18.2 Å². The summed E-state index contributed by atoms with van der Waals surface area (Å²) >= 11 is 12.1. The van der Waals surface area contributed by atoms with Crippen molar-refractivity contribution < 1.29 is 5.11 Å². The summed E-state index contributed by atoms with van der Waals surface area (Å²) in [4.78, 5) is 0. The molecule has 3 N–H and O–H groups in total. The highest BCUT2D eigenvalue weighted by molar-refractivity contribution is 6.36. The minimum atomic E-state index is -0.616. The molecule has 0 amide bonds. The van der Waals surface area contributed by atoms with Gasteiger partial charge in [-0.2, -0.15) is 0 Å². The van der Waals surface area contributed by atoms with Gasteiger partial charge in [0.2, 0.25) is 0 Å². The fraction of sp³-hybridized carbons (Fsp3) is 0.538. The summed E-state index contributed by atoms with van der Waals surface area (Å²) in [5.41, 5.74) is 6.64. The standard InChI is InChI=1S/C13H19Cl2NO.ClH/c1-8(2)6-7-11(17)13(16)12-9(14)4-3-5-10(12)15;/h3-5,8,11,13,17H,6-7,16H2,1-2H3;1H/t11-,13-;/m0./s1. The molecule has 2 nitrogen and oxygen atoms in total. The number of aliphatic hydroxyl groups is 1. The predicted molar refractivity (Wildman–Crippen MR) is 80.7 cm³/mol. The molecule has 0 aliphatic rings. The molecule has 0 aromatic heterocycles. The van der Waals surface area contributed by atoms with E-state index in [4.69, 9.17) is 28.9 Å². The molecule has 1 aromatic rings. The third-order valence-corrected chi connectivity index (χ3v) is 3.45. The average molecular weight is 313 g/mol. The van der Waals surface area contributed by atoms with Gasteiger partial charge < -0.3 is 10.8 Å². The molecule has 0 spiro atoms. The zero-order chi connectivity index (χ0) is 13.0. The molecule has 1 rings (SSSR count). The fourth-order valence-electron chi connectivity index (χ4n) is 1.71. The van der Waals surface area contributed by atoms with Crippen LogP contribution in [0, 0.1) is 5.92 Å². The van der Waals surface area contributed by atoms with Gasteiger partial charge in [0, 0.05) is 15.6 Å². The molecule has 18 heavy (non-hydrogen) atoms. The highest BCUT2D eigenvalue weighted by Crippen LogP contribution is 2.31. The van der Waals surface area contributed by atoms with E-state index in [1.54, 1.807) is 18.2 Å². The Balaban J connectivity index is 0.00000289. The topological polar surface area (TPSA) is 46.2 Å². The summed E-state index contributed by atoms with van der Waals surface area (Å²) < 4.78 is 0. The quantitative estimate of drug-likeness (QED) is 0.855. The second kappa shape index (κ2) is 8.23. The van der Waals surface area contributed by atoms with Crippen LogP contribution in [0.2, 0.25) is 10.0 Å². The zero-order valence-corrected chi connectivity index (χ0v) is 12.9. The first kappa shape index (κ1) is 18.0. The van der Waals surface area contributed by atoms with Crippen LogP contribution < -0.4 is 5.73 Å². The molecule has 0 aliphatic heterocycles. The molecule has 0 saturated carbocycles. The van der Waals surface area contributed by atoms with Gasteiger partial charge in [0.25, 0.3) is 0 Å². The predicted octanol–water partition coefficient (Wildman–Crippen LogP) is 4.21. The largest absolute Gasteiger partial charge is 0.391 e. The third-order valence-electron chi connectivity index (χ3n) is 2.79. The van der Waals surface area contributed by atoms with Crippen molar-refractivity contribution in [2.45, 2.75) is 38.8 Å². The maximum absolute atomic E-state index is 10.0. The van der Waals surface area contributed by atoms with E-state index in [1.165, 1.54) is 0 Å². The smallest absolute Gasteiger partial charge is 0.0734 e. The summed E-state index contributed by atoms with van der Waals surface area (Å²) in [6.45, 7) is 4.22. The van der Waals surface area contributed by atoms with Crippen LogP contribution in [-0.4, -0.2) is 11.2 Å². The van der Waals surface area contributed by atoms with Crippen molar-refractivity contribution >= 4 is 35.6 Å². The lowest BCUT2D eigenvalue weighted by molar-refractivity contribution is 0.128. The molecule has 0 unspecified atom stereocenters. The Morgan fingerprint density at radius 2 is 1.67 bits per heavy atom. The van der Waals surface area contributed by atoms with Gasteiger partial charge in [0.1, 0.15) is 0 Å². The molecule has 0 saturated heterocycles. The first-order valence-electron chi connectivity index (χ1n) is 5.81. The number of rotatable bonds is 5. The van der Waals surface area contributed by atoms with Crippen molar-refractivity contribution in [3.63, 3.8) is 0 Å². The van der Waals surface area contributed by atoms with Crippen LogP contribution in [-0.2, 0) is 0 Å². The Kier molecular flexibility index (Phi) is 8.24. The number of nitrogens with two attached hydrogens (primary N) is 1. The maximum Gasteiger partial charge on any atom is 0.0734 e. The molecule has 0 bridgehead atoms. The van der Waals surface area contributed by atoms with E-state index < -0.39 is 12.1 Å². The number of benzene rings is 1. The van der Waals surface area contributed by atoms with Gasteiger partial charge in [-0.25, -0.2) is 0 Å². The van der Waals surface area contributed by atoms with Gasteiger partial charge in [0.15, 0.2) is 0 Å². The van der Waals surface area contributed by atoms with Crippen molar-refractivity contribution in [2.75, 3.05) is 0 Å². The van der Waals surface area contributed by atoms with E-state index in [0.717, 1.165) is 6.42 Å². The van der Waals surface area contributed by atoms with Crippen LogP contribution in [0.25, 0.3) is 0 Å². The summed E-state index contributed by atoms with van der Waals surface area (Å²) in [5, 5.41) is 11.0. The first-order valence-corrected chi connectivity index (χ1v) is 6.56. The van der Waals surface area contributed by atoms with Crippen molar-refractivity contribution in [1.29, 1.82) is 0 Å². The second-order valence-corrected chi connectivity index (χ2v) is 5.51. The Morgan fingerprint density at radius 1 is 1.17 bits per heavy atom. The lowest BCUT2D eigenvalue weighted by Crippen LogP contribution is -2.27. The van der Waals surface area contributed by atoms with Crippen molar-refractivity contribution in [3.8, 4) is 0 Å². The number of hydrogen-bond acceptors (Lipinski definition) is 2. The molecule has 5 heteroatoms. The highest BCUT2D eigenvalue weighted by atomic mass is 35.5. The van der Waals surface area contributed by atoms with Crippen LogP contribution >= 0.6 is 35.6 Å². The number of aliphatic hydroxyl groups excluding tert-OH is 1. The van der Waals surface area contributed by atoms with Crippen LogP contribution in [0.4, 0.5) is 0 Å². The Morgan fingerprint density at radius 3 is 2.11 bits per heavy atom. The van der Waals surface area contributed by atoms with Gasteiger partial charge >= 0.3 is 0 Å². The first-order chi connectivity index (χ1) is 7.93. The van der Waals surface area contributed by atoms with Crippen LogP contribution in [0.5, 0.6) is 0 Å². The van der Waals surface area contributed by atoms with Gasteiger partial charge in [-0.1, -0.05) is 43.1 Å². The molecule has 0 radical (unpaired) electrons. The molecule has 0 aliphatic carbocycles. The molecule has 1 aromatic carbocycles. The van der Waals surface area contributed by atoms with Gasteiger partial charge in [-0.3, -0.25) is 0 Å². The van der Waals surface area contributed by atoms with E-state index in [0.29, 0.717) is 27.9 Å². The Labute approximate surface area is 125 Å². The summed E-state index contributed by atoms with van der Waals surface area (Å²) in [6, 6.07) is 4.70. The average Bonchev–Trinajstić information content (AvgIpc) is 2.25. The number of hydrogen-bond donors (Lipinski definition) is 2. The molecule has 0 heterocycles. The van der Waals surface area contributed by atoms with Crippen molar-refractivity contribution in [3.05, 3.63) is 33.8 Å². The molecular weight excluding hydrogens is 293 g/mol. The van der Waals surface area contributed by atoms with E-state index in [2.05, 4.69) is 13.8 Å². The maximum atomic E-state index is 10.0. The van der Waals surface area contributed by atoms with Gasteiger partial charge in [-0.15, -0.1) is 12.4 Å². The van der Waals surface area contributed by atoms with Gasteiger partial charge in [0.05, 0.1) is 12.1 Å². The lowest BCUT2D eigenvalue weighted by atomic mass is 9.96. The molecule has 0 fully saturated rings. The molecule has 104 valence electrons. The van der Waals surface area contributed by atoms with E-state index in [9.17, 15) is 5.11 Å². The van der Waals surface area contributed by atoms with Crippen molar-refractivity contribution in [2.24, 2.45) is 11.7 Å². The minimum absolute atomic E-state index is 0. The minimum Gasteiger partial charge on any atom is -0.391 e. The Hall–Kier alpha value is 0.01000. The van der Waals surface area contributed by atoms with E-state index in [1.807, 2.05) is 0 Å². The zero-order valence-electron chi connectivity index (χ0n) is 10.6. The fourth-order valence-corrected chi connectivity index (χ4v) is 2.35. The SMILES string of the molecule is CC(C)CC[C@H](O)[C@H](N)c1c(Cl)cccc1Cl.Cl. The second-order valence-electron chi connectivity index (χ2n) is 4.70. The molecule has 2 atom stereocenters. The van der Waals surface area contributed by atoms with Crippen LogP contribution in [0.3, 0.4) is 0 Å². The lowest BCUT2D eigenvalue weighted by Gasteiger charge is -2.22. The normalized spacial score (nSPS) is 14.2. The Bertz CT molecular complexity index is 351. The monoisotopic (exact) mass is 311 g/mol. The number of halogens is 3. The highest BCUT2D eigenvalue weighted by Gasteiger charge is 2.21. The summed E-state index contributed by atoms with van der Waals surface area (Å²) in [5.74, 6) is 0.540. The van der Waals surface area contributed by atoms with Gasteiger partial charge in [-0.05, 0) is 30.9 Å².